The third-order valence-electron chi connectivity index (χ3n) is 6.27. The smallest absolute Gasteiger partial charge is 0.230 e. The highest BCUT2D eigenvalue weighted by molar-refractivity contribution is 9.10. The first-order valence-corrected chi connectivity index (χ1v) is 11.0. The number of hydrogen-bond donors (Lipinski definition) is 2. The van der Waals surface area contributed by atoms with Crippen LogP contribution in [0.1, 0.15) is 12.2 Å². The molecule has 9 nitrogen and oxygen atoms in total. The lowest BCUT2D eigenvalue weighted by Crippen LogP contribution is -2.32. The van der Waals surface area contributed by atoms with Gasteiger partial charge in [-0.05, 0) is 54.0 Å². The summed E-state index contributed by atoms with van der Waals surface area (Å²) in [5, 5.41) is 7.83. The minimum Gasteiger partial charge on any atom is -0.347 e. The van der Waals surface area contributed by atoms with Crippen LogP contribution in [0.4, 0.5) is 11.9 Å². The van der Waals surface area contributed by atoms with Gasteiger partial charge in [-0.3, -0.25) is 0 Å². The molecule has 0 spiro atoms. The van der Waals surface area contributed by atoms with Crippen LogP contribution in [0.2, 0.25) is 0 Å². The van der Waals surface area contributed by atoms with Crippen molar-refractivity contribution >= 4 is 44.5 Å². The van der Waals surface area contributed by atoms with E-state index in [1.165, 1.54) is 13.0 Å². The van der Waals surface area contributed by atoms with Crippen LogP contribution < -0.4 is 10.2 Å². The van der Waals surface area contributed by atoms with Crippen LogP contribution >= 0.6 is 15.9 Å². The molecule has 2 aliphatic rings. The predicted molar refractivity (Wildman–Crippen MR) is 119 cm³/mol. The number of nitrogens with one attached hydrogen (secondary N) is 2. The summed E-state index contributed by atoms with van der Waals surface area (Å²) in [6.07, 6.45) is 3.00. The summed E-state index contributed by atoms with van der Waals surface area (Å²) in [5.74, 6) is 2.95. The van der Waals surface area contributed by atoms with E-state index in [0.717, 1.165) is 46.0 Å². The van der Waals surface area contributed by atoms with Crippen molar-refractivity contribution in [3.8, 4) is 0 Å². The summed E-state index contributed by atoms with van der Waals surface area (Å²) in [6, 6.07) is 8.61. The van der Waals surface area contributed by atoms with Crippen molar-refractivity contribution in [1.82, 2.24) is 34.4 Å². The molecule has 0 bridgehead atoms. The number of halogens is 1. The molecule has 2 N–H and O–H groups in total. The average Bonchev–Trinajstić information content (AvgIpc) is 3.51. The van der Waals surface area contributed by atoms with Gasteiger partial charge >= 0.3 is 0 Å². The number of likely N-dealkylation sites (N-methyl/N-ethyl adjacent to an activating group) is 1. The Morgan fingerprint density at radius 3 is 2.97 bits per heavy atom. The minimum atomic E-state index is 0.520. The fourth-order valence-electron chi connectivity index (χ4n) is 4.68. The highest BCUT2D eigenvalue weighted by Gasteiger charge is 2.40. The fourth-order valence-corrected chi connectivity index (χ4v) is 5.03. The number of H-pyrrole nitrogens is 1. The Bertz CT molecular complexity index is 1200. The second-order valence-corrected chi connectivity index (χ2v) is 8.99. The maximum Gasteiger partial charge on any atom is 0.230 e. The molecule has 154 valence electrons. The molecule has 0 aliphatic carbocycles. The molecule has 1 aromatic carbocycles. The van der Waals surface area contributed by atoms with Gasteiger partial charge in [-0.25, -0.2) is 4.98 Å². The molecule has 4 aromatic rings. The number of rotatable bonds is 4. The minimum absolute atomic E-state index is 0.520. The summed E-state index contributed by atoms with van der Waals surface area (Å²) in [6.45, 7) is 3.67. The largest absolute Gasteiger partial charge is 0.347 e. The highest BCUT2D eigenvalue weighted by atomic mass is 79.9. The Labute approximate surface area is 181 Å². The van der Waals surface area contributed by atoms with E-state index in [2.05, 4.69) is 53.2 Å². The summed E-state index contributed by atoms with van der Waals surface area (Å²) < 4.78 is 2.59. The summed E-state index contributed by atoms with van der Waals surface area (Å²) in [7, 11) is 2.21. The van der Waals surface area contributed by atoms with Gasteiger partial charge in [-0.15, -0.1) is 0 Å². The van der Waals surface area contributed by atoms with Gasteiger partial charge in [0.05, 0.1) is 28.2 Å². The van der Waals surface area contributed by atoms with Gasteiger partial charge in [-0.1, -0.05) is 12.1 Å². The second-order valence-electron chi connectivity index (χ2n) is 8.13. The number of nitrogens with zero attached hydrogens (tertiary/aromatic N) is 7. The maximum atomic E-state index is 4.84. The maximum absolute atomic E-state index is 4.84. The Balaban J connectivity index is 1.31. The lowest BCUT2D eigenvalue weighted by molar-refractivity contribution is 0.310. The standard InChI is InChI=1S/C20H22BrN9/c1-28-7-6-12-10-29(11-16(12)28)20-26-18-13(21)8-23-30(18)19(27-20)22-9-17-24-14-4-2-3-5-15(14)25-17/h2-5,8,12,16H,6-7,9-11H2,1H3,(H,24,25)(H,22,26,27)/t12-,16+/m0/s1. The van der Waals surface area contributed by atoms with E-state index in [1.807, 2.05) is 24.3 Å². The van der Waals surface area contributed by atoms with Gasteiger partial charge < -0.3 is 20.1 Å². The van der Waals surface area contributed by atoms with Gasteiger partial charge in [0.25, 0.3) is 0 Å². The molecule has 2 fully saturated rings. The molecule has 5 heterocycles. The van der Waals surface area contributed by atoms with E-state index in [9.17, 15) is 0 Å². The number of benzene rings is 1. The van der Waals surface area contributed by atoms with Crippen molar-refractivity contribution in [2.75, 3.05) is 36.9 Å². The van der Waals surface area contributed by atoms with Crippen LogP contribution in [0.5, 0.6) is 0 Å². The van der Waals surface area contributed by atoms with Gasteiger partial charge in [0, 0.05) is 19.1 Å². The number of fused-ring (bicyclic) bond motifs is 3. The van der Waals surface area contributed by atoms with Crippen molar-refractivity contribution in [2.24, 2.45) is 5.92 Å². The molecule has 10 heteroatoms. The Hall–Kier alpha value is -2.72. The van der Waals surface area contributed by atoms with E-state index >= 15 is 0 Å². The van der Waals surface area contributed by atoms with Gasteiger partial charge in [0.2, 0.25) is 11.9 Å². The number of anilines is 2. The molecule has 0 amide bonds. The zero-order chi connectivity index (χ0) is 20.2. The van der Waals surface area contributed by atoms with Crippen LogP contribution in [0.25, 0.3) is 16.7 Å². The van der Waals surface area contributed by atoms with E-state index in [4.69, 9.17) is 9.97 Å². The average molecular weight is 468 g/mol. The molecule has 2 saturated heterocycles. The lowest BCUT2D eigenvalue weighted by Gasteiger charge is -2.21. The Morgan fingerprint density at radius 1 is 1.20 bits per heavy atom. The predicted octanol–water partition coefficient (Wildman–Crippen LogP) is 2.52. The Kier molecular flexibility index (Phi) is 4.17. The third-order valence-corrected chi connectivity index (χ3v) is 6.83. The third kappa shape index (κ3) is 2.93. The zero-order valence-corrected chi connectivity index (χ0v) is 18.2. The number of para-hydroxylation sites is 2. The summed E-state index contributed by atoms with van der Waals surface area (Å²) in [5.41, 5.74) is 2.74. The van der Waals surface area contributed by atoms with Crippen molar-refractivity contribution in [2.45, 2.75) is 19.0 Å². The first-order chi connectivity index (χ1) is 14.7. The zero-order valence-electron chi connectivity index (χ0n) is 16.6. The molecular formula is C20H22BrN9. The molecule has 2 aliphatic heterocycles. The molecular weight excluding hydrogens is 446 g/mol. The lowest BCUT2D eigenvalue weighted by atomic mass is 10.1. The van der Waals surface area contributed by atoms with Crippen LogP contribution in [-0.2, 0) is 6.54 Å². The molecule has 0 radical (unpaired) electrons. The SMILES string of the molecule is CN1CC[C@H]2CN(c3nc(NCc4nc5ccccc5[nH]4)n4ncc(Br)c4n3)C[C@H]21. The van der Waals surface area contributed by atoms with E-state index < -0.39 is 0 Å². The molecule has 0 saturated carbocycles. The Morgan fingerprint density at radius 2 is 2.10 bits per heavy atom. The first-order valence-electron chi connectivity index (χ1n) is 10.2. The number of hydrogen-bond acceptors (Lipinski definition) is 7. The number of imidazole rings is 1. The van der Waals surface area contributed by atoms with E-state index in [0.29, 0.717) is 24.5 Å². The van der Waals surface area contributed by atoms with E-state index in [-0.39, 0.29) is 0 Å². The quantitative estimate of drug-likeness (QED) is 0.476. The second kappa shape index (κ2) is 6.92. The molecule has 0 unspecified atom stereocenters. The van der Waals surface area contributed by atoms with Crippen molar-refractivity contribution < 1.29 is 0 Å². The van der Waals surface area contributed by atoms with Crippen LogP contribution in [-0.4, -0.2) is 67.2 Å². The molecule has 30 heavy (non-hydrogen) atoms. The molecule has 2 atom stereocenters. The first kappa shape index (κ1) is 18.1. The molecule has 6 rings (SSSR count). The summed E-state index contributed by atoms with van der Waals surface area (Å²) in [4.78, 5) is 22.4. The topological polar surface area (TPSA) is 90.3 Å². The number of aromatic amines is 1. The van der Waals surface area contributed by atoms with Crippen molar-refractivity contribution in [3.05, 3.63) is 40.8 Å². The van der Waals surface area contributed by atoms with Crippen LogP contribution in [0, 0.1) is 5.92 Å². The van der Waals surface area contributed by atoms with Crippen molar-refractivity contribution in [1.29, 1.82) is 0 Å². The number of likely N-dealkylation sites (tertiary alicyclic amines) is 1. The van der Waals surface area contributed by atoms with Crippen molar-refractivity contribution in [3.63, 3.8) is 0 Å². The van der Waals surface area contributed by atoms with Gasteiger partial charge in [-0.2, -0.15) is 19.6 Å². The monoisotopic (exact) mass is 467 g/mol. The van der Waals surface area contributed by atoms with E-state index in [1.54, 1.807) is 10.7 Å². The normalized spacial score (nSPS) is 21.7. The molecule has 3 aromatic heterocycles. The van der Waals surface area contributed by atoms with Crippen LogP contribution in [0.15, 0.2) is 34.9 Å². The fraction of sp³-hybridized carbons (Fsp3) is 0.400. The van der Waals surface area contributed by atoms with Gasteiger partial charge in [0.15, 0.2) is 5.65 Å². The number of aromatic nitrogens is 6. The summed E-state index contributed by atoms with van der Waals surface area (Å²) >= 11 is 3.57. The van der Waals surface area contributed by atoms with Crippen LogP contribution in [0.3, 0.4) is 0 Å². The highest BCUT2D eigenvalue weighted by Crippen LogP contribution is 2.33. The van der Waals surface area contributed by atoms with Gasteiger partial charge in [0.1, 0.15) is 5.82 Å².